The molecule has 0 unspecified atom stereocenters. The standard InChI is InChI=1S/C12H15BO5/c1-6-9(5-14)7(2)11(13(16)17)8(3)10(6)12(15)18-4/h5,16-17H,1-4H3. The number of carbonyl (C=O) groups is 2. The molecule has 0 radical (unpaired) electrons. The lowest BCUT2D eigenvalue weighted by Gasteiger charge is -2.18. The summed E-state index contributed by atoms with van der Waals surface area (Å²) in [5.41, 5.74) is 2.01. The highest BCUT2D eigenvalue weighted by Gasteiger charge is 2.27. The van der Waals surface area contributed by atoms with Crippen LogP contribution in [0.4, 0.5) is 0 Å². The number of carbonyl (C=O) groups excluding carboxylic acids is 2. The molecule has 1 aromatic carbocycles. The largest absolute Gasteiger partial charge is 0.489 e. The SMILES string of the molecule is COC(=O)c1c(C)c(C=O)c(C)c(B(O)O)c1C. The van der Waals surface area contributed by atoms with Crippen molar-refractivity contribution < 1.29 is 24.4 Å². The molecule has 96 valence electrons. The lowest BCUT2D eigenvalue weighted by atomic mass is 9.71. The fraction of sp³-hybridized carbons (Fsp3) is 0.333. The maximum absolute atomic E-state index is 11.7. The van der Waals surface area contributed by atoms with Gasteiger partial charge in [0.15, 0.2) is 6.29 Å². The number of rotatable bonds is 3. The average molecular weight is 250 g/mol. The van der Waals surface area contributed by atoms with Gasteiger partial charge in [0.25, 0.3) is 0 Å². The number of hydrogen-bond donors (Lipinski definition) is 2. The Balaban J connectivity index is 3.78. The zero-order valence-corrected chi connectivity index (χ0v) is 10.8. The summed E-state index contributed by atoms with van der Waals surface area (Å²) >= 11 is 0. The molecule has 2 N–H and O–H groups in total. The van der Waals surface area contributed by atoms with E-state index in [-0.39, 0.29) is 16.6 Å². The molecule has 0 aliphatic rings. The summed E-state index contributed by atoms with van der Waals surface area (Å²) in [5.74, 6) is -0.602. The first-order valence-electron chi connectivity index (χ1n) is 5.40. The van der Waals surface area contributed by atoms with Crippen molar-refractivity contribution in [3.63, 3.8) is 0 Å². The van der Waals surface area contributed by atoms with Crippen molar-refractivity contribution in [3.05, 3.63) is 27.8 Å². The molecule has 0 bridgehead atoms. The van der Waals surface area contributed by atoms with Crippen molar-refractivity contribution in [1.82, 2.24) is 0 Å². The highest BCUT2D eigenvalue weighted by molar-refractivity contribution is 6.60. The number of benzene rings is 1. The molecule has 0 aromatic heterocycles. The van der Waals surface area contributed by atoms with Crippen LogP contribution >= 0.6 is 0 Å². The second kappa shape index (κ2) is 5.33. The quantitative estimate of drug-likeness (QED) is 0.444. The zero-order chi connectivity index (χ0) is 14.0. The Morgan fingerprint density at radius 3 is 2.11 bits per heavy atom. The van der Waals surface area contributed by atoms with Gasteiger partial charge in [0.05, 0.1) is 12.7 Å². The Morgan fingerprint density at radius 2 is 1.72 bits per heavy atom. The summed E-state index contributed by atoms with van der Waals surface area (Å²) in [5, 5.41) is 18.7. The van der Waals surface area contributed by atoms with Gasteiger partial charge >= 0.3 is 13.1 Å². The van der Waals surface area contributed by atoms with E-state index in [0.29, 0.717) is 23.0 Å². The molecule has 1 rings (SSSR count). The van der Waals surface area contributed by atoms with E-state index in [0.717, 1.165) is 0 Å². The Morgan fingerprint density at radius 1 is 1.17 bits per heavy atom. The number of esters is 1. The monoisotopic (exact) mass is 250 g/mol. The minimum atomic E-state index is -1.74. The smallest absolute Gasteiger partial charge is 0.465 e. The van der Waals surface area contributed by atoms with Gasteiger partial charge in [-0.2, -0.15) is 0 Å². The van der Waals surface area contributed by atoms with Gasteiger partial charge in [-0.3, -0.25) is 4.79 Å². The van der Waals surface area contributed by atoms with E-state index < -0.39 is 13.1 Å². The predicted molar refractivity (Wildman–Crippen MR) is 67.2 cm³/mol. The predicted octanol–water partition coefficient (Wildman–Crippen LogP) is -0.109. The molecule has 0 saturated heterocycles. The molecule has 18 heavy (non-hydrogen) atoms. The maximum Gasteiger partial charge on any atom is 0.489 e. The fourth-order valence-electron chi connectivity index (χ4n) is 2.23. The van der Waals surface area contributed by atoms with Gasteiger partial charge in [0.1, 0.15) is 0 Å². The lowest BCUT2D eigenvalue weighted by Crippen LogP contribution is -2.37. The van der Waals surface area contributed by atoms with Crippen molar-refractivity contribution >= 4 is 24.8 Å². The highest BCUT2D eigenvalue weighted by atomic mass is 16.5. The first-order valence-corrected chi connectivity index (χ1v) is 5.40. The summed E-state index contributed by atoms with van der Waals surface area (Å²) in [4.78, 5) is 22.8. The molecule has 0 heterocycles. The summed E-state index contributed by atoms with van der Waals surface area (Å²) in [6, 6.07) is 0. The molecule has 0 aliphatic heterocycles. The first kappa shape index (κ1) is 14.4. The topological polar surface area (TPSA) is 83.8 Å². The minimum absolute atomic E-state index is 0.170. The number of ether oxygens (including phenoxy) is 1. The number of aldehydes is 1. The van der Waals surface area contributed by atoms with Crippen LogP contribution in [0.15, 0.2) is 0 Å². The third kappa shape index (κ3) is 2.17. The third-order valence-electron chi connectivity index (χ3n) is 3.13. The van der Waals surface area contributed by atoms with Crippen molar-refractivity contribution in [2.45, 2.75) is 20.8 Å². The van der Waals surface area contributed by atoms with Crippen LogP contribution in [0.25, 0.3) is 0 Å². The number of methoxy groups -OCH3 is 1. The van der Waals surface area contributed by atoms with Crippen LogP contribution in [0, 0.1) is 20.8 Å². The van der Waals surface area contributed by atoms with Gasteiger partial charge in [-0.05, 0) is 42.9 Å². The van der Waals surface area contributed by atoms with E-state index in [4.69, 9.17) is 0 Å². The zero-order valence-electron chi connectivity index (χ0n) is 10.8. The van der Waals surface area contributed by atoms with E-state index in [9.17, 15) is 19.6 Å². The fourth-order valence-corrected chi connectivity index (χ4v) is 2.23. The van der Waals surface area contributed by atoms with E-state index >= 15 is 0 Å². The van der Waals surface area contributed by atoms with E-state index in [1.54, 1.807) is 20.8 Å². The molecular weight excluding hydrogens is 235 g/mol. The molecular formula is C12H15BO5. The van der Waals surface area contributed by atoms with Crippen LogP contribution in [0.3, 0.4) is 0 Å². The van der Waals surface area contributed by atoms with Crippen molar-refractivity contribution in [1.29, 1.82) is 0 Å². The maximum atomic E-state index is 11.7. The van der Waals surface area contributed by atoms with Crippen LogP contribution in [0.5, 0.6) is 0 Å². The van der Waals surface area contributed by atoms with Crippen molar-refractivity contribution in [2.24, 2.45) is 0 Å². The molecule has 0 aliphatic carbocycles. The van der Waals surface area contributed by atoms with Crippen LogP contribution in [-0.4, -0.2) is 36.5 Å². The summed E-state index contributed by atoms with van der Waals surface area (Å²) in [7, 11) is -0.510. The summed E-state index contributed by atoms with van der Waals surface area (Å²) < 4.78 is 4.65. The molecule has 5 nitrogen and oxygen atoms in total. The minimum Gasteiger partial charge on any atom is -0.465 e. The van der Waals surface area contributed by atoms with Gasteiger partial charge in [-0.25, -0.2) is 4.79 Å². The van der Waals surface area contributed by atoms with E-state index in [1.807, 2.05) is 0 Å². The number of hydrogen-bond acceptors (Lipinski definition) is 5. The molecule has 0 spiro atoms. The van der Waals surface area contributed by atoms with Gasteiger partial charge in [0.2, 0.25) is 0 Å². The Kier molecular flexibility index (Phi) is 4.26. The summed E-state index contributed by atoms with van der Waals surface area (Å²) in [6.45, 7) is 4.83. The van der Waals surface area contributed by atoms with E-state index in [1.165, 1.54) is 7.11 Å². The molecule has 0 saturated carbocycles. The van der Waals surface area contributed by atoms with Crippen molar-refractivity contribution in [3.8, 4) is 0 Å². The lowest BCUT2D eigenvalue weighted by molar-refractivity contribution is 0.0599. The molecule has 0 amide bonds. The van der Waals surface area contributed by atoms with Crippen LogP contribution < -0.4 is 5.46 Å². The van der Waals surface area contributed by atoms with Gasteiger partial charge in [-0.15, -0.1) is 0 Å². The summed E-state index contributed by atoms with van der Waals surface area (Å²) in [6.07, 6.45) is 0.600. The molecule has 0 fully saturated rings. The van der Waals surface area contributed by atoms with Crippen LogP contribution in [0.2, 0.25) is 0 Å². The van der Waals surface area contributed by atoms with E-state index in [2.05, 4.69) is 4.74 Å². The highest BCUT2D eigenvalue weighted by Crippen LogP contribution is 2.20. The molecule has 1 aromatic rings. The van der Waals surface area contributed by atoms with Gasteiger partial charge in [0, 0.05) is 5.56 Å². The van der Waals surface area contributed by atoms with Gasteiger partial charge < -0.3 is 14.8 Å². The van der Waals surface area contributed by atoms with Crippen molar-refractivity contribution in [2.75, 3.05) is 7.11 Å². The first-order chi connectivity index (χ1) is 8.36. The average Bonchev–Trinajstić information content (AvgIpc) is 2.28. The van der Waals surface area contributed by atoms with Crippen LogP contribution in [0.1, 0.15) is 37.4 Å². The Bertz CT molecular complexity index is 508. The Labute approximate surface area is 106 Å². The second-order valence-electron chi connectivity index (χ2n) is 4.06. The normalized spacial score (nSPS) is 10.1. The van der Waals surface area contributed by atoms with Crippen LogP contribution in [-0.2, 0) is 4.74 Å². The molecule has 6 heteroatoms. The second-order valence-corrected chi connectivity index (χ2v) is 4.06. The van der Waals surface area contributed by atoms with Gasteiger partial charge in [-0.1, -0.05) is 0 Å². The molecule has 0 atom stereocenters. The third-order valence-corrected chi connectivity index (χ3v) is 3.13. The Hall–Kier alpha value is -1.66.